The number of aromatic nitrogens is 2. The molecule has 2 aliphatic rings. The molecule has 1 aromatic heterocycles. The van der Waals surface area contributed by atoms with Crippen LogP contribution in [0.2, 0.25) is 0 Å². The first-order valence-electron chi connectivity index (χ1n) is 11.7. The molecule has 170 valence electrons. The Morgan fingerprint density at radius 3 is 2.21 bits per heavy atom. The van der Waals surface area contributed by atoms with Gasteiger partial charge in [0.15, 0.2) is 0 Å². The molecular weight excluding hydrogens is 416 g/mol. The van der Waals surface area contributed by atoms with Crippen molar-refractivity contribution in [3.05, 3.63) is 54.6 Å². The Bertz CT molecular complexity index is 1160. The van der Waals surface area contributed by atoms with Crippen molar-refractivity contribution < 1.29 is 14.7 Å². The molecule has 2 aromatic carbocycles. The van der Waals surface area contributed by atoms with Crippen molar-refractivity contribution in [1.29, 1.82) is 0 Å². The minimum atomic E-state index is -0.843. The zero-order valence-electron chi connectivity index (χ0n) is 18.6. The third-order valence-electron chi connectivity index (χ3n) is 6.91. The fourth-order valence-corrected chi connectivity index (χ4v) is 5.11. The fourth-order valence-electron chi connectivity index (χ4n) is 5.11. The van der Waals surface area contributed by atoms with Crippen molar-refractivity contribution in [1.82, 2.24) is 14.9 Å². The van der Waals surface area contributed by atoms with Gasteiger partial charge in [-0.25, -0.2) is 9.97 Å². The van der Waals surface area contributed by atoms with Crippen LogP contribution in [0.4, 0.5) is 5.95 Å². The van der Waals surface area contributed by atoms with Gasteiger partial charge < -0.3 is 14.9 Å². The van der Waals surface area contributed by atoms with Gasteiger partial charge in [0.2, 0.25) is 11.9 Å². The molecular formula is C26H28N4O3. The van der Waals surface area contributed by atoms with Crippen molar-refractivity contribution in [2.24, 2.45) is 11.8 Å². The molecule has 1 saturated heterocycles. The predicted molar refractivity (Wildman–Crippen MR) is 127 cm³/mol. The quantitative estimate of drug-likeness (QED) is 0.658. The Morgan fingerprint density at radius 1 is 0.818 bits per heavy atom. The van der Waals surface area contributed by atoms with Gasteiger partial charge in [0.05, 0.1) is 23.0 Å². The number of nitrogens with zero attached hydrogens (tertiary/aromatic N) is 4. The van der Waals surface area contributed by atoms with E-state index in [-0.39, 0.29) is 5.91 Å². The number of carbonyl (C=O) groups is 2. The molecule has 2 unspecified atom stereocenters. The highest BCUT2D eigenvalue weighted by Gasteiger charge is 2.38. The average Bonchev–Trinajstić information content (AvgIpc) is 2.88. The van der Waals surface area contributed by atoms with Crippen LogP contribution in [-0.2, 0) is 9.59 Å². The van der Waals surface area contributed by atoms with E-state index in [0.717, 1.165) is 35.0 Å². The normalized spacial score (nSPS) is 21.2. The van der Waals surface area contributed by atoms with E-state index < -0.39 is 17.8 Å². The van der Waals surface area contributed by atoms with Gasteiger partial charge in [-0.1, -0.05) is 61.4 Å². The van der Waals surface area contributed by atoms with E-state index in [4.69, 9.17) is 9.97 Å². The topological polar surface area (TPSA) is 86.6 Å². The lowest BCUT2D eigenvalue weighted by Gasteiger charge is -2.38. The van der Waals surface area contributed by atoms with Crippen LogP contribution in [0.3, 0.4) is 0 Å². The van der Waals surface area contributed by atoms with E-state index in [1.807, 2.05) is 47.4 Å². The fraction of sp³-hybridized carbons (Fsp3) is 0.385. The van der Waals surface area contributed by atoms with E-state index >= 15 is 0 Å². The molecule has 2 heterocycles. The van der Waals surface area contributed by atoms with E-state index in [2.05, 4.69) is 17.0 Å². The number of aliphatic carboxylic acids is 1. The number of benzene rings is 2. The number of hydrogen-bond donors (Lipinski definition) is 1. The minimum Gasteiger partial charge on any atom is -0.481 e. The van der Waals surface area contributed by atoms with Crippen LogP contribution in [0.1, 0.15) is 25.7 Å². The van der Waals surface area contributed by atoms with Gasteiger partial charge in [-0.3, -0.25) is 9.59 Å². The molecule has 0 bridgehead atoms. The van der Waals surface area contributed by atoms with Gasteiger partial charge in [0, 0.05) is 37.1 Å². The molecule has 1 aliphatic heterocycles. The molecule has 5 rings (SSSR count). The second-order valence-electron chi connectivity index (χ2n) is 8.90. The van der Waals surface area contributed by atoms with E-state index in [9.17, 15) is 14.7 Å². The highest BCUT2D eigenvalue weighted by molar-refractivity contribution is 5.93. The van der Waals surface area contributed by atoms with Gasteiger partial charge in [0.25, 0.3) is 0 Å². The van der Waals surface area contributed by atoms with Crippen LogP contribution >= 0.6 is 0 Å². The van der Waals surface area contributed by atoms with Gasteiger partial charge in [-0.2, -0.15) is 0 Å². The van der Waals surface area contributed by atoms with Gasteiger partial charge in [0.1, 0.15) is 0 Å². The van der Waals surface area contributed by atoms with Crippen LogP contribution in [-0.4, -0.2) is 58.0 Å². The van der Waals surface area contributed by atoms with E-state index in [0.29, 0.717) is 45.0 Å². The Labute approximate surface area is 193 Å². The summed E-state index contributed by atoms with van der Waals surface area (Å²) in [5.74, 6) is -1.14. The summed E-state index contributed by atoms with van der Waals surface area (Å²) >= 11 is 0. The zero-order chi connectivity index (χ0) is 22.8. The molecule has 2 fully saturated rings. The number of rotatable bonds is 4. The van der Waals surface area contributed by atoms with Crippen molar-refractivity contribution in [3.63, 3.8) is 0 Å². The number of fused-ring (bicyclic) bond motifs is 1. The lowest BCUT2D eigenvalue weighted by molar-refractivity contribution is -0.152. The molecule has 0 radical (unpaired) electrons. The number of carboxylic acids is 1. The van der Waals surface area contributed by atoms with Gasteiger partial charge in [-0.15, -0.1) is 0 Å². The van der Waals surface area contributed by atoms with Crippen molar-refractivity contribution in [2.45, 2.75) is 25.7 Å². The molecule has 1 N–H and O–H groups in total. The molecule has 1 amide bonds. The van der Waals surface area contributed by atoms with E-state index in [1.54, 1.807) is 0 Å². The maximum Gasteiger partial charge on any atom is 0.307 e. The molecule has 1 aliphatic carbocycles. The van der Waals surface area contributed by atoms with E-state index in [1.165, 1.54) is 0 Å². The number of carboxylic acid groups (broad SMARTS) is 1. The number of para-hydroxylation sites is 1. The van der Waals surface area contributed by atoms with Crippen molar-refractivity contribution in [2.75, 3.05) is 31.1 Å². The SMILES string of the molecule is O=C(O)C1CCCCC1C(=O)N1CCN(c2nc(-c3ccccc3)c3ccccc3n2)CC1. The highest BCUT2D eigenvalue weighted by atomic mass is 16.4. The standard InChI is InChI=1S/C26H28N4O3/c31-24(19-10-4-5-11-20(19)25(32)33)29-14-16-30(17-15-29)26-27-22-13-7-6-12-21(22)23(28-26)18-8-2-1-3-9-18/h1-3,6-9,12-13,19-20H,4-5,10-11,14-17H2,(H,32,33). The summed E-state index contributed by atoms with van der Waals surface area (Å²) in [5, 5.41) is 10.6. The predicted octanol–water partition coefficient (Wildman–Crippen LogP) is 3.84. The first-order valence-corrected chi connectivity index (χ1v) is 11.7. The second kappa shape index (κ2) is 9.17. The third kappa shape index (κ3) is 4.27. The summed E-state index contributed by atoms with van der Waals surface area (Å²) in [6.45, 7) is 2.36. The molecule has 7 heteroatoms. The monoisotopic (exact) mass is 444 g/mol. The third-order valence-corrected chi connectivity index (χ3v) is 6.91. The summed E-state index contributed by atoms with van der Waals surface area (Å²) in [7, 11) is 0. The van der Waals surface area contributed by atoms with Crippen molar-refractivity contribution >= 4 is 28.7 Å². The summed E-state index contributed by atoms with van der Waals surface area (Å²) in [6.07, 6.45) is 3.08. The van der Waals surface area contributed by atoms with Crippen LogP contribution in [0.15, 0.2) is 54.6 Å². The molecule has 3 aromatic rings. The molecule has 0 spiro atoms. The summed E-state index contributed by atoms with van der Waals surface area (Å²) in [4.78, 5) is 38.5. The Morgan fingerprint density at radius 2 is 1.48 bits per heavy atom. The maximum absolute atomic E-state index is 13.1. The largest absolute Gasteiger partial charge is 0.481 e. The molecule has 2 atom stereocenters. The van der Waals surface area contributed by atoms with Gasteiger partial charge >= 0.3 is 5.97 Å². The smallest absolute Gasteiger partial charge is 0.307 e. The van der Waals surface area contributed by atoms with Crippen LogP contribution in [0.25, 0.3) is 22.2 Å². The lowest BCUT2D eigenvalue weighted by Crippen LogP contribution is -2.52. The van der Waals surface area contributed by atoms with Crippen molar-refractivity contribution in [3.8, 4) is 11.3 Å². The first-order chi connectivity index (χ1) is 16.1. The van der Waals surface area contributed by atoms with Gasteiger partial charge in [-0.05, 0) is 18.9 Å². The average molecular weight is 445 g/mol. The number of carbonyl (C=O) groups excluding carboxylic acids is 1. The lowest BCUT2D eigenvalue weighted by atomic mass is 9.78. The van der Waals surface area contributed by atoms with Crippen LogP contribution in [0, 0.1) is 11.8 Å². The summed E-state index contributed by atoms with van der Waals surface area (Å²) in [6, 6.07) is 18.1. The van der Waals surface area contributed by atoms with Crippen LogP contribution in [0.5, 0.6) is 0 Å². The number of anilines is 1. The highest BCUT2D eigenvalue weighted by Crippen LogP contribution is 2.33. The first kappa shape index (κ1) is 21.4. The number of hydrogen-bond acceptors (Lipinski definition) is 5. The maximum atomic E-state index is 13.1. The summed E-state index contributed by atoms with van der Waals surface area (Å²) < 4.78 is 0. The minimum absolute atomic E-state index is 0.00819. The zero-order valence-corrected chi connectivity index (χ0v) is 18.6. The molecule has 7 nitrogen and oxygen atoms in total. The number of piperazine rings is 1. The molecule has 33 heavy (non-hydrogen) atoms. The Balaban J connectivity index is 1.36. The Hall–Kier alpha value is -3.48. The molecule has 1 saturated carbocycles. The summed E-state index contributed by atoms with van der Waals surface area (Å²) in [5.41, 5.74) is 2.84. The van der Waals surface area contributed by atoms with Crippen LogP contribution < -0.4 is 4.90 Å². The number of amides is 1. The Kier molecular flexibility index (Phi) is 5.94. The second-order valence-corrected chi connectivity index (χ2v) is 8.90.